The Morgan fingerprint density at radius 3 is 2.33 bits per heavy atom. The molecule has 1 saturated heterocycles. The zero-order valence-corrected chi connectivity index (χ0v) is 14.0. The molecular weight excluding hydrogens is 309 g/mol. The predicted octanol–water partition coefficient (Wildman–Crippen LogP) is 2.45. The highest BCUT2D eigenvalue weighted by Gasteiger charge is 2.11. The van der Waals surface area contributed by atoms with Crippen LogP contribution in [0.4, 0.5) is 5.69 Å². The van der Waals surface area contributed by atoms with Crippen LogP contribution in [0.25, 0.3) is 0 Å². The molecule has 0 radical (unpaired) electrons. The van der Waals surface area contributed by atoms with Gasteiger partial charge in [0.2, 0.25) is 5.91 Å². The van der Waals surface area contributed by atoms with Gasteiger partial charge in [-0.15, -0.1) is 24.8 Å². The van der Waals surface area contributed by atoms with Crippen molar-refractivity contribution >= 4 is 36.4 Å². The number of amides is 1. The summed E-state index contributed by atoms with van der Waals surface area (Å²) in [5.41, 5.74) is 7.64. The second-order valence-electron chi connectivity index (χ2n) is 5.27. The minimum Gasteiger partial charge on any atom is -0.325 e. The van der Waals surface area contributed by atoms with Gasteiger partial charge in [0, 0.05) is 12.2 Å². The number of rotatable bonds is 5. The molecule has 6 heteroatoms. The van der Waals surface area contributed by atoms with Gasteiger partial charge >= 0.3 is 0 Å². The Kier molecular flexibility index (Phi) is 9.62. The Labute approximate surface area is 139 Å². The zero-order chi connectivity index (χ0) is 13.7. The van der Waals surface area contributed by atoms with Crippen molar-refractivity contribution in [1.82, 2.24) is 4.90 Å². The molecule has 1 aliphatic heterocycles. The first-order chi connectivity index (χ1) is 9.15. The Morgan fingerprint density at radius 1 is 1.24 bits per heavy atom. The van der Waals surface area contributed by atoms with Crippen molar-refractivity contribution in [2.24, 2.45) is 5.73 Å². The van der Waals surface area contributed by atoms with Gasteiger partial charge in [-0.1, -0.05) is 12.1 Å². The van der Waals surface area contributed by atoms with Gasteiger partial charge < -0.3 is 16.0 Å². The lowest BCUT2D eigenvalue weighted by Crippen LogP contribution is -2.32. The van der Waals surface area contributed by atoms with E-state index in [-0.39, 0.29) is 30.7 Å². The highest BCUT2D eigenvalue weighted by atomic mass is 35.5. The van der Waals surface area contributed by atoms with E-state index in [9.17, 15) is 4.79 Å². The van der Waals surface area contributed by atoms with Crippen molar-refractivity contribution in [1.29, 1.82) is 0 Å². The van der Waals surface area contributed by atoms with Crippen molar-refractivity contribution in [2.45, 2.75) is 32.2 Å². The van der Waals surface area contributed by atoms with E-state index < -0.39 is 6.04 Å². The monoisotopic (exact) mass is 333 g/mol. The zero-order valence-electron chi connectivity index (χ0n) is 12.4. The molecule has 1 fully saturated rings. The summed E-state index contributed by atoms with van der Waals surface area (Å²) < 4.78 is 0. The highest BCUT2D eigenvalue weighted by molar-refractivity contribution is 5.94. The summed E-state index contributed by atoms with van der Waals surface area (Å²) in [4.78, 5) is 14.0. The van der Waals surface area contributed by atoms with Gasteiger partial charge in [-0.2, -0.15) is 0 Å². The van der Waals surface area contributed by atoms with E-state index >= 15 is 0 Å². The number of hydrogen-bond donors (Lipinski definition) is 2. The molecule has 1 unspecified atom stereocenters. The molecular formula is C15H25Cl2N3O. The van der Waals surface area contributed by atoms with Crippen molar-refractivity contribution < 1.29 is 4.79 Å². The lowest BCUT2D eigenvalue weighted by atomic mass is 10.1. The molecule has 1 aromatic rings. The molecule has 1 aliphatic rings. The minimum absolute atomic E-state index is 0. The number of anilines is 1. The van der Waals surface area contributed by atoms with Gasteiger partial charge in [0.05, 0.1) is 6.04 Å². The maximum atomic E-state index is 11.5. The van der Waals surface area contributed by atoms with Crippen LogP contribution in [0.15, 0.2) is 24.3 Å². The maximum absolute atomic E-state index is 11.5. The number of benzene rings is 1. The van der Waals surface area contributed by atoms with E-state index in [0.29, 0.717) is 0 Å². The fraction of sp³-hybridized carbons (Fsp3) is 0.533. The molecule has 0 saturated carbocycles. The average Bonchev–Trinajstić information content (AvgIpc) is 2.91. The minimum atomic E-state index is -0.477. The molecule has 4 nitrogen and oxygen atoms in total. The molecule has 0 spiro atoms. The Balaban J connectivity index is 0.00000200. The number of hydrogen-bond acceptors (Lipinski definition) is 3. The van der Waals surface area contributed by atoms with Gasteiger partial charge in [-0.3, -0.25) is 4.79 Å². The van der Waals surface area contributed by atoms with E-state index in [0.717, 1.165) is 18.7 Å². The van der Waals surface area contributed by atoms with Crippen LogP contribution in [0.1, 0.15) is 25.3 Å². The summed E-state index contributed by atoms with van der Waals surface area (Å²) in [7, 11) is 0. The van der Waals surface area contributed by atoms with Gasteiger partial charge in [0.15, 0.2) is 0 Å². The SMILES string of the molecule is CC(N)C(=O)Nc1ccc(CCN2CCCC2)cc1.Cl.Cl. The lowest BCUT2D eigenvalue weighted by molar-refractivity contribution is -0.117. The summed E-state index contributed by atoms with van der Waals surface area (Å²) in [5.74, 6) is -0.148. The van der Waals surface area contributed by atoms with Crippen LogP contribution >= 0.6 is 24.8 Å². The van der Waals surface area contributed by atoms with Crippen LogP contribution in [-0.4, -0.2) is 36.5 Å². The Morgan fingerprint density at radius 2 is 1.81 bits per heavy atom. The van der Waals surface area contributed by atoms with E-state index in [1.165, 1.54) is 31.5 Å². The molecule has 0 bridgehead atoms. The fourth-order valence-corrected chi connectivity index (χ4v) is 2.30. The number of nitrogens with zero attached hydrogens (tertiary/aromatic N) is 1. The lowest BCUT2D eigenvalue weighted by Gasteiger charge is -2.14. The molecule has 1 heterocycles. The third kappa shape index (κ3) is 6.66. The van der Waals surface area contributed by atoms with Crippen LogP contribution in [0, 0.1) is 0 Å². The molecule has 2 rings (SSSR count). The van der Waals surface area contributed by atoms with Gasteiger partial charge in [-0.25, -0.2) is 0 Å². The van der Waals surface area contributed by atoms with Crippen LogP contribution in [0.5, 0.6) is 0 Å². The van der Waals surface area contributed by atoms with Crippen molar-refractivity contribution in [3.63, 3.8) is 0 Å². The van der Waals surface area contributed by atoms with Gasteiger partial charge in [-0.05, 0) is 57.0 Å². The number of nitrogens with one attached hydrogen (secondary N) is 1. The van der Waals surface area contributed by atoms with Crippen molar-refractivity contribution in [3.05, 3.63) is 29.8 Å². The van der Waals surface area contributed by atoms with E-state index in [4.69, 9.17) is 5.73 Å². The summed E-state index contributed by atoms with van der Waals surface area (Å²) in [6, 6.07) is 7.56. The standard InChI is InChI=1S/C15H23N3O.2ClH/c1-12(16)15(19)17-14-6-4-13(5-7-14)8-11-18-9-2-3-10-18;;/h4-7,12H,2-3,8-11,16H2,1H3,(H,17,19);2*1H. The summed E-state index contributed by atoms with van der Waals surface area (Å²) in [6.45, 7) is 5.29. The Hall–Kier alpha value is -0.810. The first kappa shape index (κ1) is 20.2. The first-order valence-corrected chi connectivity index (χ1v) is 7.03. The molecule has 1 amide bonds. The number of nitrogens with two attached hydrogens (primary N) is 1. The van der Waals surface area contributed by atoms with Gasteiger partial charge in [0.25, 0.3) is 0 Å². The topological polar surface area (TPSA) is 58.4 Å². The number of likely N-dealkylation sites (tertiary alicyclic amines) is 1. The van der Waals surface area contributed by atoms with Crippen LogP contribution in [0.3, 0.4) is 0 Å². The predicted molar refractivity (Wildman–Crippen MR) is 92.6 cm³/mol. The van der Waals surface area contributed by atoms with Crippen LogP contribution < -0.4 is 11.1 Å². The van der Waals surface area contributed by atoms with E-state index in [1.54, 1.807) is 6.92 Å². The van der Waals surface area contributed by atoms with Crippen LogP contribution in [0.2, 0.25) is 0 Å². The van der Waals surface area contributed by atoms with Gasteiger partial charge in [0.1, 0.15) is 0 Å². The normalized spacial score (nSPS) is 15.7. The Bertz CT molecular complexity index is 417. The van der Waals surface area contributed by atoms with Crippen molar-refractivity contribution in [3.8, 4) is 0 Å². The molecule has 3 N–H and O–H groups in total. The van der Waals surface area contributed by atoms with E-state index in [1.807, 2.05) is 12.1 Å². The second-order valence-corrected chi connectivity index (χ2v) is 5.27. The van der Waals surface area contributed by atoms with Crippen molar-refractivity contribution in [2.75, 3.05) is 25.0 Å². The molecule has 0 aromatic heterocycles. The fourth-order valence-electron chi connectivity index (χ4n) is 2.30. The number of carbonyl (C=O) groups is 1. The first-order valence-electron chi connectivity index (χ1n) is 7.03. The molecule has 120 valence electrons. The van der Waals surface area contributed by atoms with Crippen LogP contribution in [-0.2, 0) is 11.2 Å². The number of halogens is 2. The van der Waals surface area contributed by atoms with E-state index in [2.05, 4.69) is 22.3 Å². The quantitative estimate of drug-likeness (QED) is 0.870. The smallest absolute Gasteiger partial charge is 0.240 e. The second kappa shape index (κ2) is 10.0. The summed E-state index contributed by atoms with van der Waals surface area (Å²) in [5, 5.41) is 2.79. The summed E-state index contributed by atoms with van der Waals surface area (Å²) in [6.07, 6.45) is 3.74. The molecule has 0 aliphatic carbocycles. The average molecular weight is 334 g/mol. The third-order valence-electron chi connectivity index (χ3n) is 3.55. The largest absolute Gasteiger partial charge is 0.325 e. The third-order valence-corrected chi connectivity index (χ3v) is 3.55. The maximum Gasteiger partial charge on any atom is 0.240 e. The highest BCUT2D eigenvalue weighted by Crippen LogP contribution is 2.12. The molecule has 1 aromatic carbocycles. The number of carbonyl (C=O) groups excluding carboxylic acids is 1. The summed E-state index contributed by atoms with van der Waals surface area (Å²) >= 11 is 0. The molecule has 1 atom stereocenters. The molecule has 21 heavy (non-hydrogen) atoms.